The molecule has 10 heteroatoms. The van der Waals surface area contributed by atoms with Crippen LogP contribution in [0.3, 0.4) is 0 Å². The van der Waals surface area contributed by atoms with Crippen molar-refractivity contribution in [3.8, 4) is 0 Å². The van der Waals surface area contributed by atoms with Gasteiger partial charge in [0.05, 0.1) is 25.4 Å². The SMILES string of the molecule is CCCCCCCCCCC/C=C\C/C=C\CCCCCCCCC(O)C(=O)NC(COC1OC(CO)C(O)C(O)C1O)C(O)/C=C/CC/C=C/CCCCCCCCCCC. The monoisotopic (exact) mass is 878 g/mol. The van der Waals surface area contributed by atoms with Gasteiger partial charge in [0, 0.05) is 0 Å². The maximum absolute atomic E-state index is 13.1. The van der Waals surface area contributed by atoms with Crippen molar-refractivity contribution in [2.45, 2.75) is 262 Å². The summed E-state index contributed by atoms with van der Waals surface area (Å²) in [6.45, 7) is 3.58. The molecule has 1 aliphatic rings. The van der Waals surface area contributed by atoms with Crippen LogP contribution >= 0.6 is 0 Å². The Bertz CT molecular complexity index is 1130. The lowest BCUT2D eigenvalue weighted by Gasteiger charge is -2.40. The molecule has 1 saturated heterocycles. The molecule has 0 saturated carbocycles. The molecule has 0 bridgehead atoms. The Kier molecular flexibility index (Phi) is 39.2. The molecule has 10 nitrogen and oxygen atoms in total. The molecule has 62 heavy (non-hydrogen) atoms. The third kappa shape index (κ3) is 31.1. The van der Waals surface area contributed by atoms with E-state index >= 15 is 0 Å². The van der Waals surface area contributed by atoms with Gasteiger partial charge in [0.1, 0.15) is 30.5 Å². The molecule has 0 aromatic rings. The third-order valence-corrected chi connectivity index (χ3v) is 12.0. The topological polar surface area (TPSA) is 169 Å². The van der Waals surface area contributed by atoms with Crippen molar-refractivity contribution in [3.05, 3.63) is 48.6 Å². The normalized spacial score (nSPS) is 21.2. The van der Waals surface area contributed by atoms with Gasteiger partial charge >= 0.3 is 0 Å². The van der Waals surface area contributed by atoms with E-state index in [1.54, 1.807) is 6.08 Å². The first kappa shape index (κ1) is 58.1. The number of allylic oxidation sites excluding steroid dienone is 7. The molecule has 7 N–H and O–H groups in total. The van der Waals surface area contributed by atoms with E-state index < -0.39 is 61.5 Å². The number of rotatable bonds is 42. The van der Waals surface area contributed by atoms with Gasteiger partial charge in [0.2, 0.25) is 5.91 Å². The van der Waals surface area contributed by atoms with Gasteiger partial charge in [0.25, 0.3) is 0 Å². The van der Waals surface area contributed by atoms with Crippen molar-refractivity contribution in [3.63, 3.8) is 0 Å². The minimum absolute atomic E-state index is 0.290. The van der Waals surface area contributed by atoms with E-state index in [0.29, 0.717) is 19.3 Å². The molecule has 8 unspecified atom stereocenters. The number of ether oxygens (including phenoxy) is 2. The Morgan fingerprint density at radius 1 is 0.565 bits per heavy atom. The number of amides is 1. The highest BCUT2D eigenvalue weighted by atomic mass is 16.7. The molecule has 1 heterocycles. The van der Waals surface area contributed by atoms with Crippen LogP contribution in [0.2, 0.25) is 0 Å². The molecule has 1 fully saturated rings. The number of carbonyl (C=O) groups excluding carboxylic acids is 1. The van der Waals surface area contributed by atoms with Gasteiger partial charge < -0.3 is 45.4 Å². The van der Waals surface area contributed by atoms with Gasteiger partial charge in [-0.15, -0.1) is 0 Å². The highest BCUT2D eigenvalue weighted by Crippen LogP contribution is 2.23. The third-order valence-electron chi connectivity index (χ3n) is 12.0. The number of aliphatic hydroxyl groups is 6. The van der Waals surface area contributed by atoms with E-state index in [1.165, 1.54) is 122 Å². The second-order valence-electron chi connectivity index (χ2n) is 17.7. The lowest BCUT2D eigenvalue weighted by Crippen LogP contribution is -2.60. The van der Waals surface area contributed by atoms with Crippen LogP contribution in [0.1, 0.15) is 213 Å². The standard InChI is InChI=1S/C52H95NO9/c1-3-5-7-9-11-13-15-17-19-20-21-22-23-24-25-27-29-31-33-35-37-39-41-46(56)51(60)53-44(43-61-52-50(59)49(58)48(57)47(42-54)62-52)45(55)40-38-36-34-32-30-28-26-18-16-14-12-10-8-6-4-2/h21-22,24-25,30,32,38,40,44-50,52,54-59H,3-20,23,26-29,31,33-37,39,41-43H2,1-2H3,(H,53,60)/b22-21-,25-24-,32-30+,40-38+. The largest absolute Gasteiger partial charge is 0.394 e. The lowest BCUT2D eigenvalue weighted by atomic mass is 9.99. The predicted molar refractivity (Wildman–Crippen MR) is 255 cm³/mol. The van der Waals surface area contributed by atoms with Crippen molar-refractivity contribution < 1.29 is 44.9 Å². The highest BCUT2D eigenvalue weighted by molar-refractivity contribution is 5.80. The van der Waals surface area contributed by atoms with E-state index in [0.717, 1.165) is 57.8 Å². The highest BCUT2D eigenvalue weighted by Gasteiger charge is 2.44. The molecule has 0 aromatic carbocycles. The average Bonchev–Trinajstić information content (AvgIpc) is 3.27. The van der Waals surface area contributed by atoms with Crippen molar-refractivity contribution in [1.29, 1.82) is 0 Å². The van der Waals surface area contributed by atoms with Crippen LogP contribution < -0.4 is 5.32 Å². The average molecular weight is 878 g/mol. The summed E-state index contributed by atoms with van der Waals surface area (Å²) in [6, 6.07) is -1.00. The summed E-state index contributed by atoms with van der Waals surface area (Å²) in [4.78, 5) is 13.1. The summed E-state index contributed by atoms with van der Waals surface area (Å²) in [6.07, 6.45) is 43.4. The van der Waals surface area contributed by atoms with Crippen molar-refractivity contribution in [1.82, 2.24) is 5.32 Å². The van der Waals surface area contributed by atoms with Crippen LogP contribution in [-0.4, -0.2) is 98.7 Å². The van der Waals surface area contributed by atoms with Gasteiger partial charge in [-0.25, -0.2) is 0 Å². The van der Waals surface area contributed by atoms with E-state index in [1.807, 2.05) is 6.08 Å². The zero-order valence-electron chi connectivity index (χ0n) is 39.5. The molecular weight excluding hydrogens is 783 g/mol. The van der Waals surface area contributed by atoms with Gasteiger partial charge in [-0.05, 0) is 64.2 Å². The molecule has 1 rings (SSSR count). The molecule has 0 spiro atoms. The fourth-order valence-electron chi connectivity index (χ4n) is 7.80. The molecule has 0 aliphatic carbocycles. The fourth-order valence-corrected chi connectivity index (χ4v) is 7.80. The smallest absolute Gasteiger partial charge is 0.249 e. The minimum Gasteiger partial charge on any atom is -0.394 e. The lowest BCUT2D eigenvalue weighted by molar-refractivity contribution is -0.302. The van der Waals surface area contributed by atoms with Crippen LogP contribution in [0, 0.1) is 0 Å². The summed E-state index contributed by atoms with van der Waals surface area (Å²) in [5.74, 6) is -0.635. The number of nitrogens with one attached hydrogen (secondary N) is 1. The second-order valence-corrected chi connectivity index (χ2v) is 17.7. The molecular formula is C52H95NO9. The molecule has 1 aliphatic heterocycles. The number of aliphatic hydroxyl groups excluding tert-OH is 6. The molecule has 0 radical (unpaired) electrons. The Balaban J connectivity index is 2.37. The van der Waals surface area contributed by atoms with E-state index in [-0.39, 0.29) is 6.61 Å². The maximum atomic E-state index is 13.1. The van der Waals surface area contributed by atoms with Crippen LogP contribution in [0.5, 0.6) is 0 Å². The Hall–Kier alpha value is -1.89. The van der Waals surface area contributed by atoms with Gasteiger partial charge in [-0.1, -0.05) is 197 Å². The minimum atomic E-state index is -1.62. The number of carbonyl (C=O) groups is 1. The molecule has 1 amide bonds. The maximum Gasteiger partial charge on any atom is 0.249 e. The summed E-state index contributed by atoms with van der Waals surface area (Å²) in [5.41, 5.74) is 0. The summed E-state index contributed by atoms with van der Waals surface area (Å²) < 4.78 is 11.1. The zero-order chi connectivity index (χ0) is 45.3. The Labute approximate surface area is 378 Å². The first-order chi connectivity index (χ1) is 30.3. The summed E-state index contributed by atoms with van der Waals surface area (Å²) in [5, 5.41) is 64.8. The van der Waals surface area contributed by atoms with Gasteiger partial charge in [-0.3, -0.25) is 4.79 Å². The van der Waals surface area contributed by atoms with Crippen molar-refractivity contribution in [2.24, 2.45) is 0 Å². The van der Waals surface area contributed by atoms with Crippen molar-refractivity contribution >= 4 is 5.91 Å². The number of hydrogen-bond acceptors (Lipinski definition) is 9. The van der Waals surface area contributed by atoms with Gasteiger partial charge in [0.15, 0.2) is 6.29 Å². The van der Waals surface area contributed by atoms with Crippen LogP contribution in [0.15, 0.2) is 48.6 Å². The quantitative estimate of drug-likeness (QED) is 0.0233. The summed E-state index contributed by atoms with van der Waals surface area (Å²) in [7, 11) is 0. The van der Waals surface area contributed by atoms with E-state index in [9.17, 15) is 35.4 Å². The van der Waals surface area contributed by atoms with Gasteiger partial charge in [-0.2, -0.15) is 0 Å². The van der Waals surface area contributed by atoms with E-state index in [2.05, 4.69) is 55.6 Å². The Morgan fingerprint density at radius 2 is 1.00 bits per heavy atom. The van der Waals surface area contributed by atoms with Crippen molar-refractivity contribution in [2.75, 3.05) is 13.2 Å². The molecule has 362 valence electrons. The van der Waals surface area contributed by atoms with Crippen LogP contribution in [0.4, 0.5) is 0 Å². The van der Waals surface area contributed by atoms with Crippen LogP contribution in [0.25, 0.3) is 0 Å². The first-order valence-corrected chi connectivity index (χ1v) is 25.5. The van der Waals surface area contributed by atoms with E-state index in [4.69, 9.17) is 9.47 Å². The summed E-state index contributed by atoms with van der Waals surface area (Å²) >= 11 is 0. The number of hydrogen-bond donors (Lipinski definition) is 7. The Morgan fingerprint density at radius 3 is 1.50 bits per heavy atom. The number of unbranched alkanes of at least 4 members (excludes halogenated alkanes) is 25. The molecule has 8 atom stereocenters. The fraction of sp³-hybridized carbons (Fsp3) is 0.827. The van der Waals surface area contributed by atoms with Crippen LogP contribution in [-0.2, 0) is 14.3 Å². The zero-order valence-corrected chi connectivity index (χ0v) is 39.5. The second kappa shape index (κ2) is 41.8. The first-order valence-electron chi connectivity index (χ1n) is 25.5. The predicted octanol–water partition coefficient (Wildman–Crippen LogP) is 10.4. The molecule has 0 aromatic heterocycles.